The highest BCUT2D eigenvalue weighted by atomic mass is 19.1. The Morgan fingerprint density at radius 1 is 1.13 bits per heavy atom. The van der Waals surface area contributed by atoms with Gasteiger partial charge in [-0.1, -0.05) is 12.1 Å². The number of aliphatic hydroxyl groups excluding tert-OH is 1. The Labute approximate surface area is 171 Å². The van der Waals surface area contributed by atoms with Gasteiger partial charge < -0.3 is 19.9 Å². The normalized spacial score (nSPS) is 10.9. The average molecular weight is 409 g/mol. The Hall–Kier alpha value is -3.72. The summed E-state index contributed by atoms with van der Waals surface area (Å²) < 4.78 is 24.6. The van der Waals surface area contributed by atoms with Gasteiger partial charge in [-0.15, -0.1) is 5.10 Å². The van der Waals surface area contributed by atoms with Gasteiger partial charge in [-0.05, 0) is 48.4 Å². The van der Waals surface area contributed by atoms with Crippen molar-refractivity contribution in [3.05, 3.63) is 65.7 Å². The van der Waals surface area contributed by atoms with Crippen LogP contribution in [0.1, 0.15) is 11.1 Å². The molecule has 0 atom stereocenters. The summed E-state index contributed by atoms with van der Waals surface area (Å²) in [4.78, 5) is 8.43. The van der Waals surface area contributed by atoms with Gasteiger partial charge in [0.25, 0.3) is 0 Å². The van der Waals surface area contributed by atoms with Crippen LogP contribution in [0, 0.1) is 12.7 Å². The molecular formula is C21H20FN5O3. The van der Waals surface area contributed by atoms with Gasteiger partial charge >= 0.3 is 0 Å². The van der Waals surface area contributed by atoms with Gasteiger partial charge in [-0.2, -0.15) is 0 Å². The standard InChI is InChI=1S/C21H20FN5O3/c1-13-9-16(5-6-17(13)30-11-14-3-2-4-15(22)10-14)25-19-18-20(24-12-23-19)26-27-21(18)29-8-7-28/h2-6,9-10,12,28H,7-8,11H2,1H3,(H2,23,24,25,26,27). The molecule has 0 saturated heterocycles. The van der Waals surface area contributed by atoms with E-state index in [0.717, 1.165) is 16.8 Å². The molecule has 0 aliphatic rings. The molecule has 8 nitrogen and oxygen atoms in total. The minimum Gasteiger partial charge on any atom is -0.489 e. The van der Waals surface area contributed by atoms with E-state index in [9.17, 15) is 4.39 Å². The Balaban J connectivity index is 1.52. The van der Waals surface area contributed by atoms with Crippen LogP contribution in [0.2, 0.25) is 0 Å². The minimum atomic E-state index is -0.287. The maximum atomic E-state index is 13.3. The summed E-state index contributed by atoms with van der Waals surface area (Å²) in [6.45, 7) is 2.19. The maximum Gasteiger partial charge on any atom is 0.246 e. The van der Waals surface area contributed by atoms with Crippen molar-refractivity contribution >= 4 is 22.5 Å². The van der Waals surface area contributed by atoms with E-state index in [-0.39, 0.29) is 25.6 Å². The summed E-state index contributed by atoms with van der Waals surface area (Å²) in [6, 6.07) is 11.9. The molecule has 2 heterocycles. The van der Waals surface area contributed by atoms with Gasteiger partial charge in [0.05, 0.1) is 6.61 Å². The molecule has 0 radical (unpaired) electrons. The molecule has 3 N–H and O–H groups in total. The molecular weight excluding hydrogens is 389 g/mol. The quantitative estimate of drug-likeness (QED) is 0.409. The van der Waals surface area contributed by atoms with Gasteiger partial charge in [-0.25, -0.2) is 14.4 Å². The highest BCUT2D eigenvalue weighted by Crippen LogP contribution is 2.31. The largest absolute Gasteiger partial charge is 0.489 e. The van der Waals surface area contributed by atoms with Crippen LogP contribution in [0.15, 0.2) is 48.8 Å². The number of benzene rings is 2. The molecule has 0 saturated carbocycles. The van der Waals surface area contributed by atoms with Gasteiger partial charge in [-0.3, -0.25) is 5.10 Å². The molecule has 9 heteroatoms. The van der Waals surface area contributed by atoms with E-state index in [2.05, 4.69) is 25.5 Å². The number of fused-ring (bicyclic) bond motifs is 1. The molecule has 0 bridgehead atoms. The van der Waals surface area contributed by atoms with Crippen LogP contribution in [0.25, 0.3) is 11.0 Å². The number of aromatic amines is 1. The Bertz CT molecular complexity index is 1160. The number of aryl methyl sites for hydroxylation is 1. The summed E-state index contributed by atoms with van der Waals surface area (Å²) in [7, 11) is 0. The number of aromatic nitrogens is 4. The second-order valence-corrected chi connectivity index (χ2v) is 6.57. The van der Waals surface area contributed by atoms with E-state index >= 15 is 0 Å². The van der Waals surface area contributed by atoms with Crippen molar-refractivity contribution in [1.82, 2.24) is 20.2 Å². The summed E-state index contributed by atoms with van der Waals surface area (Å²) in [6.07, 6.45) is 1.42. The minimum absolute atomic E-state index is 0.116. The molecule has 154 valence electrons. The Morgan fingerprint density at radius 2 is 2.03 bits per heavy atom. The topological polar surface area (TPSA) is 105 Å². The van der Waals surface area contributed by atoms with Crippen LogP contribution in [0.5, 0.6) is 11.6 Å². The third-order valence-corrected chi connectivity index (χ3v) is 4.38. The number of nitrogens with one attached hydrogen (secondary N) is 2. The molecule has 0 amide bonds. The molecule has 0 unspecified atom stereocenters. The fourth-order valence-corrected chi connectivity index (χ4v) is 2.99. The van der Waals surface area contributed by atoms with Crippen LogP contribution in [-0.2, 0) is 6.61 Å². The zero-order chi connectivity index (χ0) is 20.9. The molecule has 0 aliphatic carbocycles. The van der Waals surface area contributed by atoms with Crippen molar-refractivity contribution in [2.45, 2.75) is 13.5 Å². The summed E-state index contributed by atoms with van der Waals surface area (Å²) >= 11 is 0. The first-order valence-electron chi connectivity index (χ1n) is 9.31. The zero-order valence-corrected chi connectivity index (χ0v) is 16.2. The molecule has 0 spiro atoms. The lowest BCUT2D eigenvalue weighted by molar-refractivity contribution is 0.198. The number of anilines is 2. The van der Waals surface area contributed by atoms with Crippen LogP contribution >= 0.6 is 0 Å². The van der Waals surface area contributed by atoms with E-state index in [4.69, 9.17) is 14.6 Å². The van der Waals surface area contributed by atoms with Crippen LogP contribution in [0.4, 0.5) is 15.9 Å². The summed E-state index contributed by atoms with van der Waals surface area (Å²) in [5.41, 5.74) is 2.98. The average Bonchev–Trinajstić information content (AvgIpc) is 3.16. The molecule has 30 heavy (non-hydrogen) atoms. The number of halogens is 1. The molecule has 0 aliphatic heterocycles. The number of nitrogens with zero attached hydrogens (tertiary/aromatic N) is 3. The predicted molar refractivity (Wildman–Crippen MR) is 109 cm³/mol. The van der Waals surface area contributed by atoms with E-state index < -0.39 is 0 Å². The monoisotopic (exact) mass is 409 g/mol. The third kappa shape index (κ3) is 4.31. The number of ether oxygens (including phenoxy) is 2. The lowest BCUT2D eigenvalue weighted by Crippen LogP contribution is -2.03. The van der Waals surface area contributed by atoms with Gasteiger partial charge in [0, 0.05) is 5.69 Å². The lowest BCUT2D eigenvalue weighted by atomic mass is 10.2. The highest BCUT2D eigenvalue weighted by Gasteiger charge is 2.14. The van der Waals surface area contributed by atoms with Gasteiger partial charge in [0.1, 0.15) is 42.3 Å². The number of rotatable bonds is 8. The predicted octanol–water partition coefficient (Wildman–Crippen LogP) is 3.49. The summed E-state index contributed by atoms with van der Waals surface area (Å²) in [5.74, 6) is 1.25. The number of H-pyrrole nitrogens is 1. The van der Waals surface area contributed by atoms with Crippen molar-refractivity contribution in [2.24, 2.45) is 0 Å². The number of hydrogen-bond acceptors (Lipinski definition) is 7. The molecule has 0 fully saturated rings. The molecule has 2 aromatic heterocycles. The van der Waals surface area contributed by atoms with Crippen LogP contribution in [-0.4, -0.2) is 38.5 Å². The number of hydrogen-bond donors (Lipinski definition) is 3. The maximum absolute atomic E-state index is 13.3. The molecule has 2 aromatic carbocycles. The molecule has 4 rings (SSSR count). The summed E-state index contributed by atoms with van der Waals surface area (Å²) in [5, 5.41) is 19.7. The highest BCUT2D eigenvalue weighted by molar-refractivity contribution is 5.92. The van der Waals surface area contributed by atoms with Crippen molar-refractivity contribution in [3.63, 3.8) is 0 Å². The van der Waals surface area contributed by atoms with Crippen molar-refractivity contribution in [1.29, 1.82) is 0 Å². The van der Waals surface area contributed by atoms with Crippen LogP contribution in [0.3, 0.4) is 0 Å². The first-order chi connectivity index (χ1) is 14.6. The smallest absolute Gasteiger partial charge is 0.246 e. The van der Waals surface area contributed by atoms with Crippen LogP contribution < -0.4 is 14.8 Å². The van der Waals surface area contributed by atoms with Crippen molar-refractivity contribution in [3.8, 4) is 11.6 Å². The van der Waals surface area contributed by atoms with Crippen molar-refractivity contribution in [2.75, 3.05) is 18.5 Å². The second-order valence-electron chi connectivity index (χ2n) is 6.57. The lowest BCUT2D eigenvalue weighted by Gasteiger charge is -2.12. The first-order valence-corrected chi connectivity index (χ1v) is 9.31. The van der Waals surface area contributed by atoms with E-state index in [1.807, 2.05) is 31.2 Å². The first kappa shape index (κ1) is 19.6. The molecule has 4 aromatic rings. The SMILES string of the molecule is Cc1cc(Nc2ncnc3[nH]nc(OCCO)c23)ccc1OCc1cccc(F)c1. The van der Waals surface area contributed by atoms with Crippen molar-refractivity contribution < 1.29 is 19.0 Å². The Kier molecular flexibility index (Phi) is 5.71. The number of aliphatic hydroxyl groups is 1. The van der Waals surface area contributed by atoms with E-state index in [1.54, 1.807) is 6.07 Å². The fourth-order valence-electron chi connectivity index (χ4n) is 2.99. The van der Waals surface area contributed by atoms with Gasteiger partial charge in [0.2, 0.25) is 5.88 Å². The Morgan fingerprint density at radius 3 is 2.83 bits per heavy atom. The van der Waals surface area contributed by atoms with E-state index in [1.165, 1.54) is 18.5 Å². The fraction of sp³-hybridized carbons (Fsp3) is 0.190. The second kappa shape index (κ2) is 8.75. The third-order valence-electron chi connectivity index (χ3n) is 4.38. The zero-order valence-electron chi connectivity index (χ0n) is 16.2. The van der Waals surface area contributed by atoms with E-state index in [0.29, 0.717) is 28.5 Å². The van der Waals surface area contributed by atoms with Gasteiger partial charge in [0.15, 0.2) is 5.65 Å².